The van der Waals surface area contributed by atoms with Gasteiger partial charge in [0.05, 0.1) is 0 Å². The third-order valence-electron chi connectivity index (χ3n) is 1.88. The summed E-state index contributed by atoms with van der Waals surface area (Å²) in [6.45, 7) is 13.8. The fourth-order valence-electron chi connectivity index (χ4n) is 1.18. The Morgan fingerprint density at radius 2 is 1.62 bits per heavy atom. The van der Waals surface area contributed by atoms with Gasteiger partial charge >= 0.3 is 0 Å². The van der Waals surface area contributed by atoms with Crippen molar-refractivity contribution in [1.82, 2.24) is 0 Å². The summed E-state index contributed by atoms with van der Waals surface area (Å²) in [6, 6.07) is 10.3. The molecule has 0 bridgehead atoms. The molecule has 0 heteroatoms. The second-order valence-corrected chi connectivity index (χ2v) is 3.50. The van der Waals surface area contributed by atoms with Gasteiger partial charge in [0.1, 0.15) is 0 Å². The molecule has 0 aromatic heterocycles. The van der Waals surface area contributed by atoms with Crippen LogP contribution in [0.2, 0.25) is 0 Å². The molecule has 1 rings (SSSR count). The summed E-state index contributed by atoms with van der Waals surface area (Å²) in [5.74, 6) is 0. The zero-order valence-electron chi connectivity index (χ0n) is 10.7. The summed E-state index contributed by atoms with van der Waals surface area (Å²) < 4.78 is 0. The van der Waals surface area contributed by atoms with Gasteiger partial charge < -0.3 is 0 Å². The van der Waals surface area contributed by atoms with Crippen molar-refractivity contribution in [3.05, 3.63) is 72.4 Å². The number of rotatable bonds is 4. The van der Waals surface area contributed by atoms with Crippen LogP contribution in [0.25, 0.3) is 0 Å². The largest absolute Gasteiger partial charge is 0.0961 e. The average molecular weight is 214 g/mol. The molecule has 0 saturated carbocycles. The maximum atomic E-state index is 3.99. The molecule has 0 aliphatic carbocycles. The van der Waals surface area contributed by atoms with Crippen molar-refractivity contribution in [2.45, 2.75) is 27.2 Å². The molecule has 0 fully saturated rings. The number of hydrogen-bond acceptors (Lipinski definition) is 0. The molecule has 0 N–H and O–H groups in total. The van der Waals surface area contributed by atoms with Crippen LogP contribution in [-0.2, 0) is 6.42 Å². The Bertz CT molecular complexity index is 342. The lowest BCUT2D eigenvalue weighted by Crippen LogP contribution is -1.85. The maximum absolute atomic E-state index is 3.99. The molecule has 1 aromatic rings. The van der Waals surface area contributed by atoms with E-state index in [1.54, 1.807) is 0 Å². The highest BCUT2D eigenvalue weighted by molar-refractivity contribution is 5.29. The minimum atomic E-state index is 0.907. The van der Waals surface area contributed by atoms with Gasteiger partial charge in [-0.05, 0) is 18.9 Å². The van der Waals surface area contributed by atoms with Crippen LogP contribution in [0.4, 0.5) is 0 Å². The van der Waals surface area contributed by atoms with Gasteiger partial charge in [0.15, 0.2) is 0 Å². The van der Waals surface area contributed by atoms with E-state index in [0.717, 1.165) is 17.6 Å². The molecular formula is C16H22. The van der Waals surface area contributed by atoms with Gasteiger partial charge in [-0.2, -0.15) is 0 Å². The fourth-order valence-corrected chi connectivity index (χ4v) is 1.18. The van der Waals surface area contributed by atoms with Crippen LogP contribution in [0, 0.1) is 0 Å². The topological polar surface area (TPSA) is 0 Å². The van der Waals surface area contributed by atoms with E-state index in [-0.39, 0.29) is 0 Å². The van der Waals surface area contributed by atoms with Crippen LogP contribution in [-0.4, -0.2) is 0 Å². The van der Waals surface area contributed by atoms with Crippen LogP contribution in [0.5, 0.6) is 0 Å². The highest BCUT2D eigenvalue weighted by atomic mass is 14.0. The summed E-state index contributed by atoms with van der Waals surface area (Å²) in [4.78, 5) is 0. The Morgan fingerprint density at radius 3 is 2.12 bits per heavy atom. The van der Waals surface area contributed by atoms with E-state index >= 15 is 0 Å². The Kier molecular flexibility index (Phi) is 7.87. The summed E-state index contributed by atoms with van der Waals surface area (Å²) in [5, 5.41) is 0. The number of allylic oxidation sites excluding steroid dienone is 4. The minimum absolute atomic E-state index is 0.907. The Labute approximate surface area is 100 Å². The van der Waals surface area contributed by atoms with E-state index in [1.807, 2.05) is 51.1 Å². The first-order valence-electron chi connectivity index (χ1n) is 5.74. The van der Waals surface area contributed by atoms with Gasteiger partial charge in [-0.3, -0.25) is 0 Å². The summed E-state index contributed by atoms with van der Waals surface area (Å²) >= 11 is 0. The standard InChI is InChI=1S/C14H16.C2H6/c1-12(2)9-10-13(3)11-14-7-5-4-6-8-14;1-2/h4-10H,1,3,11H2,2H3;1-2H3/b10-9-;. The lowest BCUT2D eigenvalue weighted by atomic mass is 10.1. The van der Waals surface area contributed by atoms with E-state index in [2.05, 4.69) is 25.3 Å². The van der Waals surface area contributed by atoms with Crippen molar-refractivity contribution in [1.29, 1.82) is 0 Å². The van der Waals surface area contributed by atoms with E-state index < -0.39 is 0 Å². The first kappa shape index (κ1) is 14.4. The van der Waals surface area contributed by atoms with Gasteiger partial charge in [0, 0.05) is 0 Å². The predicted molar refractivity (Wildman–Crippen MR) is 74.6 cm³/mol. The predicted octanol–water partition coefficient (Wildman–Crippen LogP) is 4.94. The first-order valence-corrected chi connectivity index (χ1v) is 5.74. The van der Waals surface area contributed by atoms with Crippen molar-refractivity contribution in [3.8, 4) is 0 Å². The van der Waals surface area contributed by atoms with E-state index in [1.165, 1.54) is 5.56 Å². The summed E-state index contributed by atoms with van der Waals surface area (Å²) in [5.41, 5.74) is 3.46. The second kappa shape index (κ2) is 8.72. The van der Waals surface area contributed by atoms with E-state index in [9.17, 15) is 0 Å². The van der Waals surface area contributed by atoms with Gasteiger partial charge in [0.2, 0.25) is 0 Å². The number of hydrogen-bond donors (Lipinski definition) is 0. The molecule has 0 unspecified atom stereocenters. The third-order valence-corrected chi connectivity index (χ3v) is 1.88. The van der Waals surface area contributed by atoms with Crippen LogP contribution in [0.1, 0.15) is 26.3 Å². The Balaban J connectivity index is 0.00000106. The second-order valence-electron chi connectivity index (χ2n) is 3.50. The quantitative estimate of drug-likeness (QED) is 0.622. The highest BCUT2D eigenvalue weighted by Crippen LogP contribution is 2.07. The van der Waals surface area contributed by atoms with E-state index in [0.29, 0.717) is 0 Å². The van der Waals surface area contributed by atoms with Crippen molar-refractivity contribution < 1.29 is 0 Å². The van der Waals surface area contributed by atoms with Crippen LogP contribution in [0.15, 0.2) is 66.8 Å². The molecule has 1 aromatic carbocycles. The normalized spacial score (nSPS) is 9.44. The van der Waals surface area contributed by atoms with Crippen LogP contribution >= 0.6 is 0 Å². The maximum Gasteiger partial charge on any atom is -0.00316 e. The average Bonchev–Trinajstić information content (AvgIpc) is 2.30. The lowest BCUT2D eigenvalue weighted by molar-refractivity contribution is 1.20. The third kappa shape index (κ3) is 6.83. The fraction of sp³-hybridized carbons (Fsp3) is 0.250. The molecule has 0 amide bonds. The van der Waals surface area contributed by atoms with E-state index in [4.69, 9.17) is 0 Å². The van der Waals surface area contributed by atoms with Crippen LogP contribution in [0.3, 0.4) is 0 Å². The SMILES string of the molecule is C=C(C)/C=C\C(=C)Cc1ccccc1.CC. The molecule has 0 aliphatic heterocycles. The highest BCUT2D eigenvalue weighted by Gasteiger charge is 1.92. The molecule has 0 aliphatic rings. The zero-order valence-corrected chi connectivity index (χ0v) is 10.7. The summed E-state index contributed by atoms with van der Waals surface area (Å²) in [7, 11) is 0. The first-order chi connectivity index (χ1) is 7.68. The molecule has 0 radical (unpaired) electrons. The van der Waals surface area contributed by atoms with Crippen molar-refractivity contribution in [3.63, 3.8) is 0 Å². The van der Waals surface area contributed by atoms with Gasteiger partial charge in [0.25, 0.3) is 0 Å². The van der Waals surface area contributed by atoms with Gasteiger partial charge in [-0.25, -0.2) is 0 Å². The molecule has 0 spiro atoms. The molecular weight excluding hydrogens is 192 g/mol. The minimum Gasteiger partial charge on any atom is -0.0961 e. The Hall–Kier alpha value is -1.56. The monoisotopic (exact) mass is 214 g/mol. The van der Waals surface area contributed by atoms with Crippen LogP contribution < -0.4 is 0 Å². The Morgan fingerprint density at radius 1 is 1.06 bits per heavy atom. The molecule has 86 valence electrons. The zero-order chi connectivity index (χ0) is 12.4. The van der Waals surface area contributed by atoms with Gasteiger partial charge in [-0.15, -0.1) is 0 Å². The van der Waals surface area contributed by atoms with Gasteiger partial charge in [-0.1, -0.05) is 80.6 Å². The number of benzene rings is 1. The van der Waals surface area contributed by atoms with Crippen molar-refractivity contribution in [2.24, 2.45) is 0 Å². The lowest BCUT2D eigenvalue weighted by Gasteiger charge is -2.00. The molecule has 16 heavy (non-hydrogen) atoms. The summed E-state index contributed by atoms with van der Waals surface area (Å²) in [6.07, 6.45) is 4.92. The molecule has 0 heterocycles. The smallest absolute Gasteiger partial charge is 0.00316 e. The van der Waals surface area contributed by atoms with Crippen molar-refractivity contribution >= 4 is 0 Å². The molecule has 0 atom stereocenters. The molecule has 0 saturated heterocycles. The molecule has 0 nitrogen and oxygen atoms in total. The van der Waals surface area contributed by atoms with Crippen molar-refractivity contribution in [2.75, 3.05) is 0 Å².